The van der Waals surface area contributed by atoms with Crippen LogP contribution in [0.2, 0.25) is 0 Å². The van der Waals surface area contributed by atoms with Crippen LogP contribution in [0.25, 0.3) is 0 Å². The largest absolute Gasteiger partial charge is 0.369 e. The van der Waals surface area contributed by atoms with Gasteiger partial charge in [-0.1, -0.05) is 0 Å². The van der Waals surface area contributed by atoms with Crippen LogP contribution in [0, 0.1) is 5.92 Å². The third kappa shape index (κ3) is 2.28. The van der Waals surface area contributed by atoms with Gasteiger partial charge in [-0.05, 0) is 14.0 Å². The maximum Gasteiger partial charge on any atom is 0.255 e. The highest BCUT2D eigenvalue weighted by Crippen LogP contribution is 2.24. The minimum absolute atomic E-state index is 0.0402. The molecule has 1 atom stereocenters. The van der Waals surface area contributed by atoms with E-state index < -0.39 is 5.60 Å². The molecular weight excluding hydrogens is 222 g/mol. The Morgan fingerprint density at radius 2 is 2.06 bits per heavy atom. The molecule has 0 unspecified atom stereocenters. The summed E-state index contributed by atoms with van der Waals surface area (Å²) in [6.45, 7) is 4.65. The fourth-order valence-corrected chi connectivity index (χ4v) is 2.35. The molecule has 0 bridgehead atoms. The highest BCUT2D eigenvalue weighted by atomic mass is 16.5. The van der Waals surface area contributed by atoms with Crippen molar-refractivity contribution < 1.29 is 14.3 Å². The lowest BCUT2D eigenvalue weighted by Crippen LogP contribution is -2.64. The van der Waals surface area contributed by atoms with Crippen LogP contribution in [-0.4, -0.2) is 67.0 Å². The highest BCUT2D eigenvalue weighted by Gasteiger charge is 2.45. The Bertz CT molecular complexity index is 341. The second-order valence-corrected chi connectivity index (χ2v) is 5.13. The van der Waals surface area contributed by atoms with Gasteiger partial charge in [0.2, 0.25) is 5.91 Å². The molecule has 0 aliphatic carbocycles. The van der Waals surface area contributed by atoms with Crippen molar-refractivity contribution in [2.45, 2.75) is 12.5 Å². The molecule has 2 heterocycles. The standard InChI is InChI=1S/C11H19N3O3/c1-11(7-13(2)3-4-17-11)10(16)14-5-8(6-14)9(12)15/h8H,3-7H2,1-2H3,(H2,12,15)/t11-/m1/s1. The molecular formula is C11H19N3O3. The summed E-state index contributed by atoms with van der Waals surface area (Å²) in [4.78, 5) is 26.9. The van der Waals surface area contributed by atoms with E-state index in [1.807, 2.05) is 14.0 Å². The monoisotopic (exact) mass is 241 g/mol. The molecule has 2 saturated heterocycles. The van der Waals surface area contributed by atoms with Crippen molar-refractivity contribution in [3.63, 3.8) is 0 Å². The van der Waals surface area contributed by atoms with E-state index in [1.54, 1.807) is 4.90 Å². The van der Waals surface area contributed by atoms with Crippen LogP contribution < -0.4 is 5.73 Å². The van der Waals surface area contributed by atoms with Crippen molar-refractivity contribution in [1.82, 2.24) is 9.80 Å². The Morgan fingerprint density at radius 1 is 1.41 bits per heavy atom. The average molecular weight is 241 g/mol. The summed E-state index contributed by atoms with van der Waals surface area (Å²) >= 11 is 0. The highest BCUT2D eigenvalue weighted by molar-refractivity contribution is 5.88. The number of likely N-dealkylation sites (tertiary alicyclic amines) is 1. The van der Waals surface area contributed by atoms with Crippen LogP contribution in [-0.2, 0) is 14.3 Å². The quantitative estimate of drug-likeness (QED) is 0.648. The maximum atomic E-state index is 12.2. The molecule has 2 aliphatic heterocycles. The molecule has 17 heavy (non-hydrogen) atoms. The van der Waals surface area contributed by atoms with Gasteiger partial charge in [-0.2, -0.15) is 0 Å². The van der Waals surface area contributed by atoms with E-state index in [4.69, 9.17) is 10.5 Å². The summed E-state index contributed by atoms with van der Waals surface area (Å²) in [6, 6.07) is 0. The second-order valence-electron chi connectivity index (χ2n) is 5.13. The lowest BCUT2D eigenvalue weighted by Gasteiger charge is -2.45. The van der Waals surface area contributed by atoms with Crippen molar-refractivity contribution in [3.05, 3.63) is 0 Å². The molecule has 2 amide bonds. The molecule has 2 fully saturated rings. The third-order valence-electron chi connectivity index (χ3n) is 3.49. The van der Waals surface area contributed by atoms with Gasteiger partial charge in [0.05, 0.1) is 12.5 Å². The van der Waals surface area contributed by atoms with E-state index in [2.05, 4.69) is 4.90 Å². The molecule has 2 N–H and O–H groups in total. The zero-order chi connectivity index (χ0) is 12.6. The lowest BCUT2D eigenvalue weighted by molar-refractivity contribution is -0.173. The Hall–Kier alpha value is -1.14. The first kappa shape index (κ1) is 12.3. The molecule has 2 aliphatic rings. The number of nitrogens with zero attached hydrogens (tertiary/aromatic N) is 2. The topological polar surface area (TPSA) is 75.9 Å². The molecule has 0 aromatic carbocycles. The van der Waals surface area contributed by atoms with Gasteiger partial charge in [0.15, 0.2) is 5.60 Å². The Balaban J connectivity index is 1.94. The van der Waals surface area contributed by atoms with Crippen molar-refractivity contribution in [2.24, 2.45) is 11.7 Å². The van der Waals surface area contributed by atoms with Crippen LogP contribution in [0.15, 0.2) is 0 Å². The van der Waals surface area contributed by atoms with Crippen molar-refractivity contribution in [3.8, 4) is 0 Å². The number of likely N-dealkylation sites (N-methyl/N-ethyl adjacent to an activating group) is 1. The summed E-state index contributed by atoms with van der Waals surface area (Å²) < 4.78 is 5.60. The number of ether oxygens (including phenoxy) is 1. The number of primary amides is 1. The van der Waals surface area contributed by atoms with E-state index in [0.717, 1.165) is 6.54 Å². The van der Waals surface area contributed by atoms with Crippen LogP contribution in [0.5, 0.6) is 0 Å². The van der Waals surface area contributed by atoms with Gasteiger partial charge in [0.1, 0.15) is 0 Å². The molecule has 6 nitrogen and oxygen atoms in total. The molecule has 96 valence electrons. The van der Waals surface area contributed by atoms with Gasteiger partial charge in [0, 0.05) is 26.2 Å². The zero-order valence-corrected chi connectivity index (χ0v) is 10.3. The summed E-state index contributed by atoms with van der Waals surface area (Å²) in [6.07, 6.45) is 0. The van der Waals surface area contributed by atoms with E-state index >= 15 is 0 Å². The summed E-state index contributed by atoms with van der Waals surface area (Å²) in [5.41, 5.74) is 4.40. The molecule has 0 aromatic rings. The molecule has 0 aromatic heterocycles. The predicted octanol–water partition coefficient (Wildman–Crippen LogP) is -1.35. The van der Waals surface area contributed by atoms with E-state index in [9.17, 15) is 9.59 Å². The number of hydrogen-bond acceptors (Lipinski definition) is 4. The van der Waals surface area contributed by atoms with Gasteiger partial charge in [-0.25, -0.2) is 0 Å². The van der Waals surface area contributed by atoms with Crippen molar-refractivity contribution in [2.75, 3.05) is 39.8 Å². The number of carbonyl (C=O) groups excluding carboxylic acids is 2. The lowest BCUT2D eigenvalue weighted by atomic mass is 9.94. The number of nitrogens with two attached hydrogens (primary N) is 1. The maximum absolute atomic E-state index is 12.2. The van der Waals surface area contributed by atoms with Crippen LogP contribution >= 0.6 is 0 Å². The first-order valence-corrected chi connectivity index (χ1v) is 5.83. The van der Waals surface area contributed by atoms with E-state index in [-0.39, 0.29) is 17.7 Å². The summed E-state index contributed by atoms with van der Waals surface area (Å²) in [5.74, 6) is -0.564. The summed E-state index contributed by atoms with van der Waals surface area (Å²) in [7, 11) is 1.97. The number of carbonyl (C=O) groups is 2. The Kier molecular flexibility index (Phi) is 3.09. The van der Waals surface area contributed by atoms with Gasteiger partial charge in [-0.3, -0.25) is 9.59 Å². The average Bonchev–Trinajstić information content (AvgIpc) is 2.13. The molecule has 6 heteroatoms. The summed E-state index contributed by atoms with van der Waals surface area (Å²) in [5, 5.41) is 0. The van der Waals surface area contributed by atoms with Gasteiger partial charge in [0.25, 0.3) is 5.91 Å². The molecule has 0 spiro atoms. The SMILES string of the molecule is CN1CCO[C@@](C)(C(=O)N2CC(C(N)=O)C2)C1. The Labute approximate surface area is 101 Å². The fourth-order valence-electron chi connectivity index (χ4n) is 2.35. The third-order valence-corrected chi connectivity index (χ3v) is 3.49. The number of morpholine rings is 1. The van der Waals surface area contributed by atoms with Crippen LogP contribution in [0.4, 0.5) is 0 Å². The van der Waals surface area contributed by atoms with Crippen LogP contribution in [0.3, 0.4) is 0 Å². The van der Waals surface area contributed by atoms with Gasteiger partial charge >= 0.3 is 0 Å². The van der Waals surface area contributed by atoms with Crippen molar-refractivity contribution >= 4 is 11.8 Å². The fraction of sp³-hybridized carbons (Fsp3) is 0.818. The molecule has 0 saturated carbocycles. The molecule has 2 rings (SSSR count). The minimum atomic E-state index is -0.782. The Morgan fingerprint density at radius 3 is 2.59 bits per heavy atom. The first-order valence-electron chi connectivity index (χ1n) is 5.83. The van der Waals surface area contributed by atoms with Gasteiger partial charge < -0.3 is 20.3 Å². The number of amides is 2. The van der Waals surface area contributed by atoms with E-state index in [1.165, 1.54) is 0 Å². The zero-order valence-electron chi connectivity index (χ0n) is 10.3. The second kappa shape index (κ2) is 4.27. The minimum Gasteiger partial charge on any atom is -0.369 e. The normalized spacial score (nSPS) is 31.1. The van der Waals surface area contributed by atoms with Crippen LogP contribution in [0.1, 0.15) is 6.92 Å². The molecule has 0 radical (unpaired) electrons. The smallest absolute Gasteiger partial charge is 0.255 e. The predicted molar refractivity (Wildman–Crippen MR) is 61.1 cm³/mol. The first-order chi connectivity index (χ1) is 7.92. The van der Waals surface area contributed by atoms with E-state index in [0.29, 0.717) is 26.2 Å². The number of hydrogen-bond donors (Lipinski definition) is 1. The number of rotatable bonds is 2. The van der Waals surface area contributed by atoms with Gasteiger partial charge in [-0.15, -0.1) is 0 Å². The van der Waals surface area contributed by atoms with Crippen molar-refractivity contribution in [1.29, 1.82) is 0 Å².